The summed E-state index contributed by atoms with van der Waals surface area (Å²) < 4.78 is 28.4. The van der Waals surface area contributed by atoms with E-state index in [-0.39, 0.29) is 6.54 Å². The van der Waals surface area contributed by atoms with Gasteiger partial charge in [-0.3, -0.25) is 9.82 Å². The van der Waals surface area contributed by atoms with Crippen molar-refractivity contribution < 1.29 is 8.42 Å². The maximum atomic E-state index is 12.2. The van der Waals surface area contributed by atoms with Crippen LogP contribution in [-0.2, 0) is 16.8 Å². The molecule has 8 heteroatoms. The molecular weight excluding hydrogens is 254 g/mol. The third kappa shape index (κ3) is 3.01. The van der Waals surface area contributed by atoms with Crippen LogP contribution in [0, 0.1) is 0 Å². The Bertz CT molecular complexity index is 476. The van der Waals surface area contributed by atoms with Gasteiger partial charge in [-0.1, -0.05) is 12.8 Å². The molecule has 0 amide bonds. The lowest BCUT2D eigenvalue weighted by Crippen LogP contribution is -2.36. The van der Waals surface area contributed by atoms with Crippen molar-refractivity contribution in [1.82, 2.24) is 14.5 Å². The van der Waals surface area contributed by atoms with E-state index >= 15 is 0 Å². The van der Waals surface area contributed by atoms with Crippen molar-refractivity contribution in [3.63, 3.8) is 0 Å². The lowest BCUT2D eigenvalue weighted by Gasteiger charge is -2.20. The second-order valence-electron chi connectivity index (χ2n) is 4.39. The van der Waals surface area contributed by atoms with Crippen LogP contribution in [-0.4, -0.2) is 36.0 Å². The molecule has 0 atom stereocenters. The molecular formula is C10H19N5O2S. The molecule has 0 aliphatic carbocycles. The summed E-state index contributed by atoms with van der Waals surface area (Å²) in [7, 11) is -3.51. The Hall–Kier alpha value is -1.12. The van der Waals surface area contributed by atoms with Gasteiger partial charge in [-0.05, 0) is 12.8 Å². The van der Waals surface area contributed by atoms with E-state index in [1.54, 1.807) is 0 Å². The van der Waals surface area contributed by atoms with Crippen molar-refractivity contribution in [3.8, 4) is 0 Å². The van der Waals surface area contributed by atoms with Gasteiger partial charge in [0.25, 0.3) is 0 Å². The van der Waals surface area contributed by atoms with Gasteiger partial charge in [0.1, 0.15) is 5.82 Å². The minimum absolute atomic E-state index is 0.244. The van der Waals surface area contributed by atoms with E-state index in [0.717, 1.165) is 25.7 Å². The lowest BCUT2D eigenvalue weighted by atomic mass is 10.2. The first-order valence-electron chi connectivity index (χ1n) is 6.13. The molecule has 4 N–H and O–H groups in total. The normalized spacial score (nSPS) is 18.5. The monoisotopic (exact) mass is 273 g/mol. The molecule has 102 valence electrons. The van der Waals surface area contributed by atoms with E-state index in [0.29, 0.717) is 24.5 Å². The van der Waals surface area contributed by atoms with Crippen molar-refractivity contribution in [3.05, 3.63) is 11.8 Å². The van der Waals surface area contributed by atoms with Crippen molar-refractivity contribution in [2.24, 2.45) is 5.73 Å². The summed E-state index contributed by atoms with van der Waals surface area (Å²) in [5.74, 6) is 0.363. The predicted molar refractivity (Wildman–Crippen MR) is 69.1 cm³/mol. The fourth-order valence-corrected chi connectivity index (χ4v) is 3.33. The molecule has 0 aromatic carbocycles. The summed E-state index contributed by atoms with van der Waals surface area (Å²) in [6.07, 6.45) is 5.52. The fourth-order valence-electron chi connectivity index (χ4n) is 2.03. The number of H-pyrrole nitrogens is 1. The van der Waals surface area contributed by atoms with Crippen molar-refractivity contribution in [2.75, 3.05) is 17.8 Å². The number of aromatic nitrogens is 2. The Kier molecular flexibility index (Phi) is 4.20. The van der Waals surface area contributed by atoms with Crippen molar-refractivity contribution in [2.45, 2.75) is 32.2 Å². The SMILES string of the molecule is NCc1cn[nH]c1NS(=O)(=O)N1CCCCCC1. The second kappa shape index (κ2) is 5.68. The molecule has 1 aromatic rings. The van der Waals surface area contributed by atoms with Gasteiger partial charge in [0.05, 0.1) is 6.20 Å². The van der Waals surface area contributed by atoms with Gasteiger partial charge < -0.3 is 5.73 Å². The van der Waals surface area contributed by atoms with Crippen molar-refractivity contribution in [1.29, 1.82) is 0 Å². The van der Waals surface area contributed by atoms with Gasteiger partial charge >= 0.3 is 10.2 Å². The number of aromatic amines is 1. The number of nitrogens with one attached hydrogen (secondary N) is 2. The number of rotatable bonds is 4. The highest BCUT2D eigenvalue weighted by Gasteiger charge is 2.24. The molecule has 2 rings (SSSR count). The van der Waals surface area contributed by atoms with Crippen LogP contribution in [0.5, 0.6) is 0 Å². The van der Waals surface area contributed by atoms with Gasteiger partial charge in [0.15, 0.2) is 0 Å². The Labute approximate surface area is 107 Å². The first-order valence-corrected chi connectivity index (χ1v) is 7.57. The molecule has 1 aliphatic rings. The van der Waals surface area contributed by atoms with Gasteiger partial charge in [0.2, 0.25) is 0 Å². The molecule has 1 aromatic heterocycles. The van der Waals surface area contributed by atoms with E-state index in [4.69, 9.17) is 5.73 Å². The molecule has 1 saturated heterocycles. The van der Waals surface area contributed by atoms with E-state index in [1.807, 2.05) is 0 Å². The number of hydrogen-bond acceptors (Lipinski definition) is 4. The first kappa shape index (κ1) is 13.3. The van der Waals surface area contributed by atoms with Crippen LogP contribution in [0.25, 0.3) is 0 Å². The molecule has 1 fully saturated rings. The first-order chi connectivity index (χ1) is 8.63. The van der Waals surface area contributed by atoms with Crippen molar-refractivity contribution >= 4 is 16.0 Å². The van der Waals surface area contributed by atoms with E-state index in [9.17, 15) is 8.42 Å². The summed E-state index contributed by atoms with van der Waals surface area (Å²) in [6, 6.07) is 0. The largest absolute Gasteiger partial charge is 0.326 e. The van der Waals surface area contributed by atoms with E-state index in [1.165, 1.54) is 10.5 Å². The minimum atomic E-state index is -3.51. The van der Waals surface area contributed by atoms with E-state index in [2.05, 4.69) is 14.9 Å². The fraction of sp³-hybridized carbons (Fsp3) is 0.700. The predicted octanol–water partition coefficient (Wildman–Crippen LogP) is 0.401. The Morgan fingerprint density at radius 2 is 2.00 bits per heavy atom. The third-order valence-electron chi connectivity index (χ3n) is 3.07. The molecule has 0 unspecified atom stereocenters. The average Bonchev–Trinajstić information content (AvgIpc) is 2.62. The van der Waals surface area contributed by atoms with Crippen LogP contribution in [0.3, 0.4) is 0 Å². The minimum Gasteiger partial charge on any atom is -0.326 e. The van der Waals surface area contributed by atoms with Crippen LogP contribution in [0.4, 0.5) is 5.82 Å². The molecule has 2 heterocycles. The molecule has 0 spiro atoms. The number of anilines is 1. The molecule has 0 bridgehead atoms. The molecule has 1 aliphatic heterocycles. The van der Waals surface area contributed by atoms with Crippen LogP contribution >= 0.6 is 0 Å². The highest BCUT2D eigenvalue weighted by Crippen LogP contribution is 2.17. The Morgan fingerprint density at radius 1 is 1.33 bits per heavy atom. The maximum Gasteiger partial charge on any atom is 0.302 e. The molecule has 0 saturated carbocycles. The van der Waals surface area contributed by atoms with Crippen LogP contribution in [0.1, 0.15) is 31.2 Å². The standard InChI is InChI=1S/C10H19N5O2S/c11-7-9-8-12-13-10(9)14-18(16,17)15-5-3-1-2-4-6-15/h8H,1-7,11H2,(H2,12,13,14). The maximum absolute atomic E-state index is 12.2. The zero-order valence-electron chi connectivity index (χ0n) is 10.2. The number of nitrogens with two attached hydrogens (primary N) is 1. The summed E-state index contributed by atoms with van der Waals surface area (Å²) in [5, 5.41) is 6.41. The Balaban J connectivity index is 2.11. The van der Waals surface area contributed by atoms with Gasteiger partial charge in [-0.2, -0.15) is 17.8 Å². The smallest absolute Gasteiger partial charge is 0.302 e. The van der Waals surface area contributed by atoms with Gasteiger partial charge in [-0.25, -0.2) is 0 Å². The summed E-state index contributed by atoms with van der Waals surface area (Å²) >= 11 is 0. The highest BCUT2D eigenvalue weighted by atomic mass is 32.2. The van der Waals surface area contributed by atoms with Crippen LogP contribution < -0.4 is 10.5 Å². The molecule has 0 radical (unpaired) electrons. The molecule has 7 nitrogen and oxygen atoms in total. The highest BCUT2D eigenvalue weighted by molar-refractivity contribution is 7.90. The van der Waals surface area contributed by atoms with Gasteiger partial charge in [0, 0.05) is 25.2 Å². The van der Waals surface area contributed by atoms with Crippen LogP contribution in [0.2, 0.25) is 0 Å². The number of hydrogen-bond donors (Lipinski definition) is 3. The average molecular weight is 273 g/mol. The number of nitrogens with zero attached hydrogens (tertiary/aromatic N) is 2. The summed E-state index contributed by atoms with van der Waals surface area (Å²) in [5.41, 5.74) is 6.17. The summed E-state index contributed by atoms with van der Waals surface area (Å²) in [4.78, 5) is 0. The quantitative estimate of drug-likeness (QED) is 0.738. The van der Waals surface area contributed by atoms with Crippen LogP contribution in [0.15, 0.2) is 6.20 Å². The van der Waals surface area contributed by atoms with E-state index < -0.39 is 10.2 Å². The zero-order chi connectivity index (χ0) is 13.0. The summed E-state index contributed by atoms with van der Waals surface area (Å²) in [6.45, 7) is 1.39. The Morgan fingerprint density at radius 3 is 2.61 bits per heavy atom. The second-order valence-corrected chi connectivity index (χ2v) is 6.07. The van der Waals surface area contributed by atoms with Gasteiger partial charge in [-0.15, -0.1) is 0 Å². The molecule has 18 heavy (non-hydrogen) atoms. The lowest BCUT2D eigenvalue weighted by molar-refractivity contribution is 0.427. The topological polar surface area (TPSA) is 104 Å². The zero-order valence-corrected chi connectivity index (χ0v) is 11.0. The third-order valence-corrected chi connectivity index (χ3v) is 4.58.